The van der Waals surface area contributed by atoms with Gasteiger partial charge in [0, 0.05) is 12.4 Å². The summed E-state index contributed by atoms with van der Waals surface area (Å²) in [5.41, 5.74) is 3.59. The molecule has 78 valence electrons. The van der Waals surface area contributed by atoms with Gasteiger partial charge in [-0.25, -0.2) is 0 Å². The lowest BCUT2D eigenvalue weighted by Gasteiger charge is -2.45. The number of H-pyrrole nitrogens is 1. The van der Waals surface area contributed by atoms with Crippen LogP contribution in [0.15, 0.2) is 18.5 Å². The fourth-order valence-electron chi connectivity index (χ4n) is 1.93. The van der Waals surface area contributed by atoms with Crippen molar-refractivity contribution in [3.8, 4) is 0 Å². The molecule has 15 heavy (non-hydrogen) atoms. The Bertz CT molecular complexity index is 533. The van der Waals surface area contributed by atoms with Crippen molar-refractivity contribution < 1.29 is 5.11 Å². The third-order valence-electron chi connectivity index (χ3n) is 2.90. The fraction of sp³-hybridized carbons (Fsp3) is 0.300. The molecule has 0 aromatic carbocycles. The number of anilines is 1. The molecule has 1 aliphatic heterocycles. The van der Waals surface area contributed by atoms with Crippen LogP contribution in [0.25, 0.3) is 11.0 Å². The summed E-state index contributed by atoms with van der Waals surface area (Å²) in [6, 6.07) is 1.91. The Morgan fingerprint density at radius 1 is 1.47 bits per heavy atom. The smallest absolute Gasteiger partial charge is 0.226 e. The lowest BCUT2D eigenvalue weighted by atomic mass is 10.00. The Kier molecular flexibility index (Phi) is 1.45. The van der Waals surface area contributed by atoms with E-state index in [0.717, 1.165) is 22.3 Å². The predicted molar refractivity (Wildman–Crippen MR) is 57.3 cm³/mol. The highest BCUT2D eigenvalue weighted by Gasteiger charge is 2.44. The molecule has 3 N–H and O–H groups in total. The minimum Gasteiger partial charge on any atom is -0.358 e. The first-order valence-corrected chi connectivity index (χ1v) is 4.77. The van der Waals surface area contributed by atoms with Crippen molar-refractivity contribution in [2.24, 2.45) is 0 Å². The maximum atomic E-state index is 10.2. The molecule has 0 saturated heterocycles. The van der Waals surface area contributed by atoms with Gasteiger partial charge in [0.25, 0.3) is 0 Å². The maximum absolute atomic E-state index is 10.2. The number of hydrogen-bond donors (Lipinski definition) is 3. The fourth-order valence-corrected chi connectivity index (χ4v) is 1.93. The molecule has 1 aliphatic rings. The van der Waals surface area contributed by atoms with E-state index in [0.29, 0.717) is 0 Å². The first kappa shape index (κ1) is 8.70. The molecule has 0 aliphatic carbocycles. The number of pyridine rings is 1. The van der Waals surface area contributed by atoms with Gasteiger partial charge in [-0.15, -0.1) is 0 Å². The van der Waals surface area contributed by atoms with Gasteiger partial charge < -0.3 is 15.4 Å². The summed E-state index contributed by atoms with van der Waals surface area (Å²) < 4.78 is 0. The molecule has 5 nitrogen and oxygen atoms in total. The zero-order valence-corrected chi connectivity index (χ0v) is 8.57. The zero-order chi connectivity index (χ0) is 10.6. The minimum absolute atomic E-state index is 0.808. The van der Waals surface area contributed by atoms with Gasteiger partial charge in [-0.1, -0.05) is 0 Å². The molecule has 3 heterocycles. The van der Waals surface area contributed by atoms with E-state index < -0.39 is 5.85 Å². The summed E-state index contributed by atoms with van der Waals surface area (Å²) in [5.74, 6) is -1.08. The molecule has 2 aromatic rings. The Morgan fingerprint density at radius 3 is 3.00 bits per heavy atom. The Balaban J connectivity index is 2.23. The molecule has 3 rings (SSSR count). The van der Waals surface area contributed by atoms with Gasteiger partial charge in [-0.05, 0) is 20.2 Å². The third-order valence-corrected chi connectivity index (χ3v) is 2.90. The van der Waals surface area contributed by atoms with Crippen LogP contribution in [0.1, 0.15) is 5.56 Å². The molecular weight excluding hydrogens is 192 g/mol. The predicted octanol–water partition coefficient (Wildman–Crippen LogP) is 0.653. The van der Waals surface area contributed by atoms with Crippen LogP contribution in [-0.2, 0) is 5.85 Å². The Morgan fingerprint density at radius 2 is 2.27 bits per heavy atom. The first-order chi connectivity index (χ1) is 7.13. The number of hydrogen-bond acceptors (Lipinski definition) is 4. The van der Waals surface area contributed by atoms with E-state index in [2.05, 4.69) is 15.3 Å². The second kappa shape index (κ2) is 2.50. The normalized spacial score (nSPS) is 23.7. The van der Waals surface area contributed by atoms with Crippen LogP contribution in [0.2, 0.25) is 0 Å². The largest absolute Gasteiger partial charge is 0.358 e. The minimum atomic E-state index is -1.08. The first-order valence-electron chi connectivity index (χ1n) is 4.77. The lowest BCUT2D eigenvalue weighted by molar-refractivity contribution is -0.0756. The number of nitrogens with zero attached hydrogens (tertiary/aromatic N) is 2. The second-order valence-electron chi connectivity index (χ2n) is 3.98. The van der Waals surface area contributed by atoms with Crippen LogP contribution in [0.3, 0.4) is 0 Å². The molecular formula is C10H12N4O. The van der Waals surface area contributed by atoms with Gasteiger partial charge in [-0.3, -0.25) is 9.88 Å². The van der Waals surface area contributed by atoms with Crippen LogP contribution >= 0.6 is 0 Å². The van der Waals surface area contributed by atoms with Gasteiger partial charge in [-0.2, -0.15) is 0 Å². The molecule has 5 heteroatoms. The third kappa shape index (κ3) is 0.912. The summed E-state index contributed by atoms with van der Waals surface area (Å²) in [6.45, 7) is 0. The topological polar surface area (TPSA) is 64.2 Å². The van der Waals surface area contributed by atoms with E-state index in [9.17, 15) is 5.11 Å². The highest BCUT2D eigenvalue weighted by atomic mass is 16.3. The van der Waals surface area contributed by atoms with Crippen LogP contribution in [0, 0.1) is 0 Å². The summed E-state index contributed by atoms with van der Waals surface area (Å²) >= 11 is 0. The van der Waals surface area contributed by atoms with E-state index in [1.54, 1.807) is 11.1 Å². The van der Waals surface area contributed by atoms with Crippen LogP contribution in [0.5, 0.6) is 0 Å². The molecule has 0 radical (unpaired) electrons. The average Bonchev–Trinajstić information content (AvgIpc) is 2.62. The van der Waals surface area contributed by atoms with E-state index in [-0.39, 0.29) is 0 Å². The number of rotatable bonds is 1. The Hall–Kier alpha value is -1.59. The van der Waals surface area contributed by atoms with Crippen LogP contribution in [-0.4, -0.2) is 34.1 Å². The van der Waals surface area contributed by atoms with Gasteiger partial charge in [0.1, 0.15) is 0 Å². The van der Waals surface area contributed by atoms with Crippen molar-refractivity contribution in [3.63, 3.8) is 0 Å². The van der Waals surface area contributed by atoms with Crippen molar-refractivity contribution in [1.82, 2.24) is 14.9 Å². The lowest BCUT2D eigenvalue weighted by Crippen LogP contribution is -2.54. The zero-order valence-electron chi connectivity index (χ0n) is 8.57. The second-order valence-corrected chi connectivity index (χ2v) is 3.98. The summed E-state index contributed by atoms with van der Waals surface area (Å²) in [6.07, 6.45) is 3.55. The molecule has 0 spiro atoms. The van der Waals surface area contributed by atoms with Crippen molar-refractivity contribution in [2.75, 3.05) is 19.4 Å². The molecule has 1 atom stereocenters. The number of aliphatic hydroxyl groups is 1. The molecule has 1 unspecified atom stereocenters. The standard InChI is InChI=1S/C10H12N4O/c1-14(2)10(15)6-5-12-7-3-4-11-9(7)8(6)13-10/h3-5,11,13,15H,1-2H3. The van der Waals surface area contributed by atoms with Gasteiger partial charge >= 0.3 is 0 Å². The summed E-state index contributed by atoms with van der Waals surface area (Å²) in [5, 5.41) is 13.2. The van der Waals surface area contributed by atoms with Crippen LogP contribution < -0.4 is 5.32 Å². The van der Waals surface area contributed by atoms with Crippen molar-refractivity contribution in [1.29, 1.82) is 0 Å². The highest BCUT2D eigenvalue weighted by Crippen LogP contribution is 2.43. The number of aromatic nitrogens is 2. The average molecular weight is 204 g/mol. The van der Waals surface area contributed by atoms with Gasteiger partial charge in [0.15, 0.2) is 0 Å². The van der Waals surface area contributed by atoms with Crippen molar-refractivity contribution in [3.05, 3.63) is 24.0 Å². The van der Waals surface area contributed by atoms with Crippen molar-refractivity contribution in [2.45, 2.75) is 5.85 Å². The van der Waals surface area contributed by atoms with Crippen LogP contribution in [0.4, 0.5) is 5.69 Å². The Labute approximate surface area is 86.7 Å². The maximum Gasteiger partial charge on any atom is 0.226 e. The molecule has 2 aromatic heterocycles. The van der Waals surface area contributed by atoms with E-state index in [4.69, 9.17) is 0 Å². The number of aromatic amines is 1. The molecule has 0 bridgehead atoms. The van der Waals surface area contributed by atoms with E-state index in [1.165, 1.54) is 0 Å². The van der Waals surface area contributed by atoms with Crippen molar-refractivity contribution >= 4 is 16.7 Å². The highest BCUT2D eigenvalue weighted by molar-refractivity contribution is 5.93. The molecule has 0 saturated carbocycles. The number of nitrogens with one attached hydrogen (secondary N) is 2. The van der Waals surface area contributed by atoms with Gasteiger partial charge in [0.2, 0.25) is 5.85 Å². The summed E-state index contributed by atoms with van der Waals surface area (Å²) in [7, 11) is 3.63. The van der Waals surface area contributed by atoms with E-state index in [1.807, 2.05) is 26.4 Å². The SMILES string of the molecule is CN(C)C1(O)Nc2c1cnc1cc[nH]c21. The monoisotopic (exact) mass is 204 g/mol. The number of fused-ring (bicyclic) bond motifs is 3. The van der Waals surface area contributed by atoms with E-state index >= 15 is 0 Å². The molecule has 0 fully saturated rings. The summed E-state index contributed by atoms with van der Waals surface area (Å²) in [4.78, 5) is 9.09. The van der Waals surface area contributed by atoms with Gasteiger partial charge in [0.05, 0.1) is 22.3 Å². The quantitative estimate of drug-likeness (QED) is 0.597. The molecule has 0 amide bonds.